The van der Waals surface area contributed by atoms with Gasteiger partial charge in [0.2, 0.25) is 5.91 Å². The zero-order valence-corrected chi connectivity index (χ0v) is 19.7. The zero-order valence-electron chi connectivity index (χ0n) is 18.2. The van der Waals surface area contributed by atoms with Gasteiger partial charge in [-0.15, -0.1) is 0 Å². The van der Waals surface area contributed by atoms with E-state index in [-0.39, 0.29) is 24.5 Å². The molecule has 7 heteroatoms. The molecule has 0 heterocycles. The molecule has 0 bridgehead atoms. The van der Waals surface area contributed by atoms with Crippen LogP contribution >= 0.6 is 23.2 Å². The summed E-state index contributed by atoms with van der Waals surface area (Å²) in [5.41, 5.74) is 1.10. The van der Waals surface area contributed by atoms with Crippen LogP contribution in [0.25, 0.3) is 0 Å². The SMILES string of the molecule is CCC(C)NC(=O)C(CC)N(CCc1ccccc1)C(=O)COc1ccc(Cl)cc1Cl. The van der Waals surface area contributed by atoms with Gasteiger partial charge >= 0.3 is 0 Å². The number of benzene rings is 2. The Morgan fingerprint density at radius 1 is 1.06 bits per heavy atom. The third kappa shape index (κ3) is 7.75. The molecule has 2 atom stereocenters. The maximum atomic E-state index is 13.1. The van der Waals surface area contributed by atoms with Crippen LogP contribution in [0.5, 0.6) is 5.75 Å². The molecule has 2 aromatic carbocycles. The van der Waals surface area contributed by atoms with Crippen LogP contribution in [0.3, 0.4) is 0 Å². The number of ether oxygens (including phenoxy) is 1. The standard InChI is InChI=1S/C24H30Cl2N2O3/c1-4-17(3)27-24(30)21(5-2)28(14-13-18-9-7-6-8-10-18)23(29)16-31-22-12-11-19(25)15-20(22)26/h6-12,15,17,21H,4-5,13-14,16H2,1-3H3,(H,27,30). The number of carbonyl (C=O) groups is 2. The Kier molecular flexibility index (Phi) is 10.2. The normalized spacial score (nSPS) is 12.7. The van der Waals surface area contributed by atoms with E-state index in [9.17, 15) is 9.59 Å². The molecule has 0 aromatic heterocycles. The summed E-state index contributed by atoms with van der Waals surface area (Å²) in [4.78, 5) is 27.6. The fourth-order valence-electron chi connectivity index (χ4n) is 3.15. The largest absolute Gasteiger partial charge is 0.482 e. The van der Waals surface area contributed by atoms with Crippen molar-refractivity contribution in [1.29, 1.82) is 0 Å². The first-order valence-electron chi connectivity index (χ1n) is 10.6. The number of carbonyl (C=O) groups excluding carboxylic acids is 2. The molecule has 0 radical (unpaired) electrons. The highest BCUT2D eigenvalue weighted by molar-refractivity contribution is 6.35. The van der Waals surface area contributed by atoms with Crippen molar-refractivity contribution < 1.29 is 14.3 Å². The fourth-order valence-corrected chi connectivity index (χ4v) is 3.61. The molecule has 0 aliphatic heterocycles. The lowest BCUT2D eigenvalue weighted by molar-refractivity contribution is -0.142. The Hall–Kier alpha value is -2.24. The van der Waals surface area contributed by atoms with E-state index in [1.54, 1.807) is 23.1 Å². The predicted molar refractivity (Wildman–Crippen MR) is 126 cm³/mol. The third-order valence-corrected chi connectivity index (χ3v) is 5.65. The van der Waals surface area contributed by atoms with Crippen LogP contribution in [0.2, 0.25) is 10.0 Å². The first-order chi connectivity index (χ1) is 14.8. The second-order valence-electron chi connectivity index (χ2n) is 7.43. The van der Waals surface area contributed by atoms with Gasteiger partial charge in [-0.2, -0.15) is 0 Å². The number of amides is 2. The number of nitrogens with one attached hydrogen (secondary N) is 1. The minimum atomic E-state index is -0.575. The Morgan fingerprint density at radius 2 is 1.77 bits per heavy atom. The minimum Gasteiger partial charge on any atom is -0.482 e. The molecule has 0 aliphatic carbocycles. The van der Waals surface area contributed by atoms with Crippen LogP contribution in [-0.4, -0.2) is 41.9 Å². The topological polar surface area (TPSA) is 58.6 Å². The van der Waals surface area contributed by atoms with E-state index in [2.05, 4.69) is 5.32 Å². The van der Waals surface area contributed by atoms with Crippen molar-refractivity contribution in [1.82, 2.24) is 10.2 Å². The van der Waals surface area contributed by atoms with Crippen molar-refractivity contribution in [3.63, 3.8) is 0 Å². The molecule has 2 unspecified atom stereocenters. The van der Waals surface area contributed by atoms with Crippen LogP contribution in [0, 0.1) is 0 Å². The van der Waals surface area contributed by atoms with Gasteiger partial charge < -0.3 is 15.0 Å². The molecule has 2 rings (SSSR count). The Bertz CT molecular complexity index is 861. The second kappa shape index (κ2) is 12.6. The summed E-state index contributed by atoms with van der Waals surface area (Å²) in [5.74, 6) is -0.0459. The maximum Gasteiger partial charge on any atom is 0.261 e. The van der Waals surface area contributed by atoms with Gasteiger partial charge in [0, 0.05) is 17.6 Å². The van der Waals surface area contributed by atoms with Gasteiger partial charge in [-0.05, 0) is 49.9 Å². The minimum absolute atomic E-state index is 0.0387. The van der Waals surface area contributed by atoms with Gasteiger partial charge in [0.25, 0.3) is 5.91 Å². The van der Waals surface area contributed by atoms with Crippen molar-refractivity contribution in [2.75, 3.05) is 13.2 Å². The lowest BCUT2D eigenvalue weighted by atomic mass is 10.1. The highest BCUT2D eigenvalue weighted by Gasteiger charge is 2.29. The average Bonchev–Trinajstić information content (AvgIpc) is 2.76. The lowest BCUT2D eigenvalue weighted by Crippen LogP contribution is -2.52. The quantitative estimate of drug-likeness (QED) is 0.500. The van der Waals surface area contributed by atoms with E-state index in [1.165, 1.54) is 0 Å². The van der Waals surface area contributed by atoms with E-state index in [1.807, 2.05) is 51.1 Å². The maximum absolute atomic E-state index is 13.1. The summed E-state index contributed by atoms with van der Waals surface area (Å²) in [5, 5.41) is 3.81. The van der Waals surface area contributed by atoms with E-state index in [4.69, 9.17) is 27.9 Å². The van der Waals surface area contributed by atoms with Gasteiger partial charge in [-0.1, -0.05) is 67.4 Å². The molecule has 0 spiro atoms. The summed E-state index contributed by atoms with van der Waals surface area (Å²) in [6.45, 7) is 6.05. The molecule has 1 N–H and O–H groups in total. The highest BCUT2D eigenvalue weighted by Crippen LogP contribution is 2.27. The summed E-state index contributed by atoms with van der Waals surface area (Å²) in [7, 11) is 0. The van der Waals surface area contributed by atoms with Crippen LogP contribution in [-0.2, 0) is 16.0 Å². The monoisotopic (exact) mass is 464 g/mol. The number of nitrogens with zero attached hydrogens (tertiary/aromatic N) is 1. The summed E-state index contributed by atoms with van der Waals surface area (Å²) >= 11 is 12.1. The number of rotatable bonds is 11. The molecule has 0 aliphatic rings. The Morgan fingerprint density at radius 3 is 2.39 bits per heavy atom. The van der Waals surface area contributed by atoms with Crippen molar-refractivity contribution >= 4 is 35.0 Å². The third-order valence-electron chi connectivity index (χ3n) is 5.12. The van der Waals surface area contributed by atoms with Gasteiger partial charge in [0.05, 0.1) is 5.02 Å². The van der Waals surface area contributed by atoms with Gasteiger partial charge in [0.1, 0.15) is 11.8 Å². The summed E-state index contributed by atoms with van der Waals surface area (Å²) in [6, 6.07) is 14.2. The fraction of sp³-hybridized carbons (Fsp3) is 0.417. The summed E-state index contributed by atoms with van der Waals surface area (Å²) < 4.78 is 5.65. The summed E-state index contributed by atoms with van der Waals surface area (Å²) in [6.07, 6.45) is 1.96. The number of halogens is 2. The molecule has 0 saturated heterocycles. The van der Waals surface area contributed by atoms with Crippen LogP contribution < -0.4 is 10.1 Å². The number of hydrogen-bond donors (Lipinski definition) is 1. The van der Waals surface area contributed by atoms with Gasteiger partial charge in [-0.25, -0.2) is 0 Å². The molecule has 31 heavy (non-hydrogen) atoms. The molecule has 5 nitrogen and oxygen atoms in total. The van der Waals surface area contributed by atoms with Crippen molar-refractivity contribution in [3.05, 3.63) is 64.1 Å². The van der Waals surface area contributed by atoms with Gasteiger partial charge in [0.15, 0.2) is 6.61 Å². The average molecular weight is 465 g/mol. The number of hydrogen-bond acceptors (Lipinski definition) is 3. The van der Waals surface area contributed by atoms with Crippen LogP contribution in [0.15, 0.2) is 48.5 Å². The van der Waals surface area contributed by atoms with E-state index in [0.717, 1.165) is 12.0 Å². The lowest BCUT2D eigenvalue weighted by Gasteiger charge is -2.31. The molecule has 0 saturated carbocycles. The smallest absolute Gasteiger partial charge is 0.261 e. The molecule has 2 amide bonds. The Balaban J connectivity index is 2.15. The molecule has 168 valence electrons. The molecule has 0 fully saturated rings. The van der Waals surface area contributed by atoms with E-state index >= 15 is 0 Å². The van der Waals surface area contributed by atoms with Crippen molar-refractivity contribution in [3.8, 4) is 5.75 Å². The van der Waals surface area contributed by atoms with Gasteiger partial charge in [-0.3, -0.25) is 9.59 Å². The van der Waals surface area contributed by atoms with Crippen LogP contribution in [0.4, 0.5) is 0 Å². The Labute approximate surface area is 194 Å². The molecule has 2 aromatic rings. The van der Waals surface area contributed by atoms with E-state index < -0.39 is 6.04 Å². The molecular formula is C24H30Cl2N2O3. The van der Waals surface area contributed by atoms with E-state index in [0.29, 0.717) is 35.2 Å². The predicted octanol–water partition coefficient (Wildman–Crippen LogP) is 5.14. The zero-order chi connectivity index (χ0) is 22.8. The van der Waals surface area contributed by atoms with Crippen LogP contribution in [0.1, 0.15) is 39.2 Å². The second-order valence-corrected chi connectivity index (χ2v) is 8.27. The van der Waals surface area contributed by atoms with Crippen molar-refractivity contribution in [2.24, 2.45) is 0 Å². The van der Waals surface area contributed by atoms with Crippen molar-refractivity contribution in [2.45, 2.75) is 52.1 Å². The highest BCUT2D eigenvalue weighted by atomic mass is 35.5. The first-order valence-corrected chi connectivity index (χ1v) is 11.3. The first kappa shape index (κ1) is 25.0. The molecular weight excluding hydrogens is 435 g/mol.